The summed E-state index contributed by atoms with van der Waals surface area (Å²) in [5.74, 6) is 0. The maximum Gasteiger partial charge on any atom is -0.000718 e. The summed E-state index contributed by atoms with van der Waals surface area (Å²) in [5.41, 5.74) is 11.8. The predicted octanol–water partition coefficient (Wildman–Crippen LogP) is 18.9. The molecular formula is C66H42. The molecule has 0 fully saturated rings. The van der Waals surface area contributed by atoms with Crippen molar-refractivity contribution in [1.82, 2.24) is 0 Å². The first kappa shape index (κ1) is 36.3. The summed E-state index contributed by atoms with van der Waals surface area (Å²) in [6.07, 6.45) is 0. The van der Waals surface area contributed by atoms with Crippen LogP contribution in [0, 0.1) is 0 Å². The molecule has 1 aliphatic carbocycles. The van der Waals surface area contributed by atoms with E-state index in [0.29, 0.717) is 0 Å². The topological polar surface area (TPSA) is 0 Å². The van der Waals surface area contributed by atoms with Crippen molar-refractivity contribution in [2.24, 2.45) is 0 Å². The van der Waals surface area contributed by atoms with Gasteiger partial charge >= 0.3 is 0 Å². The van der Waals surface area contributed by atoms with E-state index in [2.05, 4.69) is 221 Å². The third-order valence-electron chi connectivity index (χ3n) is 15.3. The predicted molar refractivity (Wildman–Crippen MR) is 287 cm³/mol. The van der Waals surface area contributed by atoms with Crippen LogP contribution in [0.1, 0.15) is 26.3 Å². The second-order valence-corrected chi connectivity index (χ2v) is 20.0. The molecule has 0 saturated carbocycles. The molecule has 14 aromatic carbocycles. The number of hydrogen-bond donors (Lipinski definition) is 0. The number of rotatable bonds is 2. The monoisotopic (exact) mass is 834 g/mol. The van der Waals surface area contributed by atoms with Gasteiger partial charge in [-0.2, -0.15) is 0 Å². The Morgan fingerprint density at radius 2 is 0.697 bits per heavy atom. The van der Waals surface area contributed by atoms with Crippen LogP contribution < -0.4 is 0 Å². The van der Waals surface area contributed by atoms with Crippen LogP contribution in [-0.2, 0) is 5.41 Å². The molecule has 0 N–H and O–H groups in total. The Balaban J connectivity index is 1.21. The minimum absolute atomic E-state index is 0.00594. The Morgan fingerprint density at radius 3 is 1.30 bits per heavy atom. The second-order valence-electron chi connectivity index (χ2n) is 20.0. The minimum atomic E-state index is 0.00594. The van der Waals surface area contributed by atoms with Gasteiger partial charge in [0.2, 0.25) is 0 Å². The van der Waals surface area contributed by atoms with Crippen LogP contribution in [0.15, 0.2) is 200 Å². The normalized spacial score (nSPS) is 12.8. The first-order valence-electron chi connectivity index (χ1n) is 23.4. The van der Waals surface area contributed by atoms with Gasteiger partial charge < -0.3 is 0 Å². The Labute approximate surface area is 382 Å². The lowest BCUT2D eigenvalue weighted by molar-refractivity contribution is 0.591. The van der Waals surface area contributed by atoms with Gasteiger partial charge in [-0.3, -0.25) is 0 Å². The van der Waals surface area contributed by atoms with Crippen LogP contribution in [0.3, 0.4) is 0 Å². The third kappa shape index (κ3) is 4.88. The van der Waals surface area contributed by atoms with Gasteiger partial charge in [0, 0.05) is 0 Å². The molecule has 0 aromatic heterocycles. The highest BCUT2D eigenvalue weighted by Crippen LogP contribution is 2.60. The summed E-state index contributed by atoms with van der Waals surface area (Å²) >= 11 is 0. The van der Waals surface area contributed by atoms with Crippen molar-refractivity contribution in [1.29, 1.82) is 0 Å². The average Bonchev–Trinajstić information content (AvgIpc) is 3.67. The molecule has 0 radical (unpaired) electrons. The van der Waals surface area contributed by atoms with Gasteiger partial charge in [0.25, 0.3) is 0 Å². The van der Waals surface area contributed by atoms with Crippen molar-refractivity contribution >= 4 is 108 Å². The Kier molecular flexibility index (Phi) is 7.04. The highest BCUT2D eigenvalue weighted by Gasteiger charge is 2.33. The summed E-state index contributed by atoms with van der Waals surface area (Å²) in [4.78, 5) is 0. The summed E-state index contributed by atoms with van der Waals surface area (Å²) < 4.78 is 0. The van der Waals surface area contributed by atoms with Crippen molar-refractivity contribution in [3.05, 3.63) is 206 Å². The maximum atomic E-state index is 2.59. The third-order valence-corrected chi connectivity index (χ3v) is 15.3. The highest BCUT2D eigenvalue weighted by molar-refractivity contribution is 6.38. The summed E-state index contributed by atoms with van der Waals surface area (Å²) in [7, 11) is 0. The van der Waals surface area contributed by atoms with E-state index in [-0.39, 0.29) is 5.41 Å². The first-order valence-corrected chi connectivity index (χ1v) is 23.4. The van der Waals surface area contributed by atoms with Crippen LogP contribution in [0.5, 0.6) is 0 Å². The standard InChI is InChI=1S/C66H42/c1-66(2,3)48-26-28-49-53(34-48)51-31-43-15-8-9-16-44(43)32-52(51)55-36-57-56(35-54(49)55)60(46-23-19-37-11-4-6-13-41(37)29-46)64-50-27-25-40-22-21-39-17-10-18-45-33-58(63(50)62(40)59(39)45)65(64)61(57)47-24-20-38-12-5-7-14-42(38)30-47/h4-36H,1-3H3. The molecule has 0 bridgehead atoms. The second kappa shape index (κ2) is 12.8. The number of benzene rings is 14. The fraction of sp³-hybridized carbons (Fsp3) is 0.0606. The Morgan fingerprint density at radius 1 is 0.242 bits per heavy atom. The zero-order chi connectivity index (χ0) is 43.6. The van der Waals surface area contributed by atoms with Crippen LogP contribution in [0.4, 0.5) is 0 Å². The van der Waals surface area contributed by atoms with Crippen LogP contribution in [0.2, 0.25) is 0 Å². The lowest BCUT2D eigenvalue weighted by atomic mass is 9.79. The van der Waals surface area contributed by atoms with Crippen molar-refractivity contribution in [3.8, 4) is 44.5 Å². The molecule has 306 valence electrons. The van der Waals surface area contributed by atoms with E-state index in [1.165, 1.54) is 158 Å². The van der Waals surface area contributed by atoms with E-state index in [1.54, 1.807) is 0 Å². The first-order chi connectivity index (χ1) is 32.3. The van der Waals surface area contributed by atoms with Crippen LogP contribution in [-0.4, -0.2) is 0 Å². The van der Waals surface area contributed by atoms with E-state index in [1.807, 2.05) is 0 Å². The van der Waals surface area contributed by atoms with Gasteiger partial charge in [0.1, 0.15) is 0 Å². The van der Waals surface area contributed by atoms with Gasteiger partial charge in [-0.15, -0.1) is 0 Å². The molecule has 0 saturated heterocycles. The van der Waals surface area contributed by atoms with Gasteiger partial charge in [0.15, 0.2) is 0 Å². The van der Waals surface area contributed by atoms with E-state index in [0.717, 1.165) is 0 Å². The molecule has 0 heteroatoms. The molecule has 0 spiro atoms. The Hall–Kier alpha value is -8.06. The molecule has 0 nitrogen and oxygen atoms in total. The fourth-order valence-corrected chi connectivity index (χ4v) is 12.2. The molecule has 0 unspecified atom stereocenters. The smallest absolute Gasteiger partial charge is 0.000718 e. The molecule has 0 aliphatic heterocycles. The summed E-state index contributed by atoms with van der Waals surface area (Å²) in [5, 5.41) is 25.9. The summed E-state index contributed by atoms with van der Waals surface area (Å²) in [6, 6.07) is 77.0. The minimum Gasteiger partial charge on any atom is -0.0616 e. The van der Waals surface area contributed by atoms with E-state index >= 15 is 0 Å². The molecule has 66 heavy (non-hydrogen) atoms. The van der Waals surface area contributed by atoms with E-state index < -0.39 is 0 Å². The molecule has 1 aliphatic rings. The van der Waals surface area contributed by atoms with Crippen molar-refractivity contribution in [2.45, 2.75) is 26.2 Å². The molecular weight excluding hydrogens is 793 g/mol. The van der Waals surface area contributed by atoms with Gasteiger partial charge in [-0.1, -0.05) is 172 Å². The average molecular weight is 835 g/mol. The quantitative estimate of drug-likeness (QED) is 0.120. The van der Waals surface area contributed by atoms with Crippen molar-refractivity contribution in [3.63, 3.8) is 0 Å². The van der Waals surface area contributed by atoms with E-state index in [4.69, 9.17) is 0 Å². The SMILES string of the molecule is CC(C)(C)c1ccc2c(c1)c1cc3ccccc3cc1c1cc3c(-c4ccc5ccccc5c4)c4c(c(-c5ccc6ccccc6c5)c3cc21)-c1ccc2ccc3cccc5cc-4c1c2c35. The molecule has 0 heterocycles. The van der Waals surface area contributed by atoms with Crippen LogP contribution in [0.25, 0.3) is 152 Å². The zero-order valence-electron chi connectivity index (χ0n) is 37.1. The van der Waals surface area contributed by atoms with Gasteiger partial charge in [-0.25, -0.2) is 0 Å². The maximum absolute atomic E-state index is 2.59. The van der Waals surface area contributed by atoms with Crippen molar-refractivity contribution in [2.75, 3.05) is 0 Å². The molecule has 15 rings (SSSR count). The number of fused-ring (bicyclic) bond motifs is 13. The number of hydrogen-bond acceptors (Lipinski definition) is 0. The van der Waals surface area contributed by atoms with Gasteiger partial charge in [0.05, 0.1) is 0 Å². The van der Waals surface area contributed by atoms with E-state index in [9.17, 15) is 0 Å². The lowest BCUT2D eigenvalue weighted by Gasteiger charge is -2.23. The van der Waals surface area contributed by atoms with Crippen LogP contribution >= 0.6 is 0 Å². The largest absolute Gasteiger partial charge is 0.0616 e. The molecule has 0 amide bonds. The van der Waals surface area contributed by atoms with Gasteiger partial charge in [-0.05, 0) is 212 Å². The fourth-order valence-electron chi connectivity index (χ4n) is 12.2. The molecule has 0 atom stereocenters. The summed E-state index contributed by atoms with van der Waals surface area (Å²) in [6.45, 7) is 6.99. The zero-order valence-corrected chi connectivity index (χ0v) is 37.1. The lowest BCUT2D eigenvalue weighted by Crippen LogP contribution is -2.10. The highest BCUT2D eigenvalue weighted by atomic mass is 14.4. The Bertz CT molecular complexity index is 4480. The molecule has 14 aromatic rings. The van der Waals surface area contributed by atoms with Crippen molar-refractivity contribution < 1.29 is 0 Å².